The molecule has 0 atom stereocenters. The summed E-state index contributed by atoms with van der Waals surface area (Å²) in [5.74, 6) is 2.07. The summed E-state index contributed by atoms with van der Waals surface area (Å²) in [6.45, 7) is 4.79. The number of benzene rings is 1. The molecule has 1 aromatic carbocycles. The van der Waals surface area contributed by atoms with E-state index >= 15 is 0 Å². The number of piperidine rings is 1. The fourth-order valence-corrected chi connectivity index (χ4v) is 2.94. The third kappa shape index (κ3) is 5.87. The maximum Gasteiger partial charge on any atom is 0.260 e. The van der Waals surface area contributed by atoms with Crippen molar-refractivity contribution in [1.29, 1.82) is 0 Å². The molecule has 0 aliphatic carbocycles. The topological polar surface area (TPSA) is 50.8 Å². The van der Waals surface area contributed by atoms with Crippen LogP contribution in [0.4, 0.5) is 0 Å². The minimum Gasteiger partial charge on any atom is -0.493 e. The molecule has 0 unspecified atom stereocenters. The molecule has 1 fully saturated rings. The average Bonchev–Trinajstić information content (AvgIpc) is 2.58. The number of carbonyl (C=O) groups is 1. The van der Waals surface area contributed by atoms with Crippen molar-refractivity contribution in [2.45, 2.75) is 26.2 Å². The molecule has 0 saturated carbocycles. The van der Waals surface area contributed by atoms with Crippen LogP contribution < -0.4 is 14.8 Å². The van der Waals surface area contributed by atoms with E-state index in [0.29, 0.717) is 11.5 Å². The van der Waals surface area contributed by atoms with E-state index in [9.17, 15) is 4.79 Å². The Morgan fingerprint density at radius 2 is 2.00 bits per heavy atom. The average molecular weight is 357 g/mol. The Kier molecular flexibility index (Phi) is 8.93. The van der Waals surface area contributed by atoms with Gasteiger partial charge >= 0.3 is 0 Å². The monoisotopic (exact) mass is 356 g/mol. The van der Waals surface area contributed by atoms with E-state index in [1.165, 1.54) is 6.42 Å². The van der Waals surface area contributed by atoms with Crippen LogP contribution in [0.25, 0.3) is 0 Å². The molecule has 24 heavy (non-hydrogen) atoms. The number of amides is 1. The number of nitrogens with zero attached hydrogens (tertiary/aromatic N) is 1. The number of rotatable bonds is 7. The Balaban J connectivity index is 0.00000288. The van der Waals surface area contributed by atoms with Gasteiger partial charge in [-0.3, -0.25) is 4.79 Å². The van der Waals surface area contributed by atoms with Gasteiger partial charge in [0.2, 0.25) is 0 Å². The van der Waals surface area contributed by atoms with Crippen LogP contribution in [0.2, 0.25) is 0 Å². The smallest absolute Gasteiger partial charge is 0.260 e. The fourth-order valence-electron chi connectivity index (χ4n) is 2.94. The normalized spacial score (nSPS) is 14.9. The zero-order valence-corrected chi connectivity index (χ0v) is 15.7. The third-order valence-electron chi connectivity index (χ3n) is 4.44. The van der Waals surface area contributed by atoms with Gasteiger partial charge in [-0.05, 0) is 63.4 Å². The Labute approximate surface area is 151 Å². The number of carbonyl (C=O) groups excluding carboxylic acids is 1. The largest absolute Gasteiger partial charge is 0.493 e. The molecular formula is C18H29ClN2O3. The van der Waals surface area contributed by atoms with Gasteiger partial charge in [0, 0.05) is 13.1 Å². The van der Waals surface area contributed by atoms with Crippen molar-refractivity contribution in [1.82, 2.24) is 10.2 Å². The highest BCUT2D eigenvalue weighted by atomic mass is 35.5. The van der Waals surface area contributed by atoms with Crippen molar-refractivity contribution in [2.24, 2.45) is 5.92 Å². The minimum atomic E-state index is 0. The Bertz CT molecular complexity index is 517. The summed E-state index contributed by atoms with van der Waals surface area (Å²) >= 11 is 0. The van der Waals surface area contributed by atoms with Gasteiger partial charge in [0.1, 0.15) is 0 Å². The van der Waals surface area contributed by atoms with Crippen molar-refractivity contribution in [2.75, 3.05) is 40.4 Å². The van der Waals surface area contributed by atoms with E-state index in [1.807, 2.05) is 37.1 Å². The molecule has 1 aromatic rings. The third-order valence-corrected chi connectivity index (χ3v) is 4.44. The highest BCUT2D eigenvalue weighted by Crippen LogP contribution is 2.28. The lowest BCUT2D eigenvalue weighted by Crippen LogP contribution is -2.41. The molecule has 1 amide bonds. The van der Waals surface area contributed by atoms with E-state index < -0.39 is 0 Å². The number of likely N-dealkylation sites (tertiary alicyclic amines) is 1. The molecule has 0 aromatic heterocycles. The molecule has 1 aliphatic rings. The Morgan fingerprint density at radius 3 is 2.62 bits per heavy atom. The van der Waals surface area contributed by atoms with Crippen LogP contribution >= 0.6 is 12.4 Å². The summed E-state index contributed by atoms with van der Waals surface area (Å²) in [6.07, 6.45) is 3.36. The first-order valence-corrected chi connectivity index (χ1v) is 8.34. The maximum absolute atomic E-state index is 12.3. The quantitative estimate of drug-likeness (QED) is 0.816. The number of hydrogen-bond donors (Lipinski definition) is 1. The maximum atomic E-state index is 12.3. The van der Waals surface area contributed by atoms with Gasteiger partial charge < -0.3 is 19.7 Å². The van der Waals surface area contributed by atoms with Gasteiger partial charge in [0.05, 0.1) is 7.11 Å². The molecule has 2 rings (SSSR count). The minimum absolute atomic E-state index is 0. The van der Waals surface area contributed by atoms with Crippen molar-refractivity contribution in [3.8, 4) is 11.5 Å². The standard InChI is InChI=1S/C18H28N2O3.ClH/c1-14-4-5-16(17(12-14)22-3)23-13-18(21)20-10-7-15(8-11-20)6-9-19-2;/h4-5,12,15,19H,6-11,13H2,1-3H3;1H. The van der Waals surface area contributed by atoms with Gasteiger partial charge in [-0.1, -0.05) is 6.07 Å². The van der Waals surface area contributed by atoms with E-state index in [-0.39, 0.29) is 24.9 Å². The number of ether oxygens (including phenoxy) is 2. The number of halogens is 1. The SMILES string of the molecule is CNCCC1CCN(C(=O)COc2ccc(C)cc2OC)CC1.Cl. The molecule has 5 nitrogen and oxygen atoms in total. The van der Waals surface area contributed by atoms with Gasteiger partial charge in [0.15, 0.2) is 18.1 Å². The van der Waals surface area contributed by atoms with Crippen molar-refractivity contribution in [3.63, 3.8) is 0 Å². The van der Waals surface area contributed by atoms with Crippen molar-refractivity contribution in [3.05, 3.63) is 23.8 Å². The van der Waals surface area contributed by atoms with E-state index in [4.69, 9.17) is 9.47 Å². The molecular weight excluding hydrogens is 328 g/mol. The van der Waals surface area contributed by atoms with E-state index in [0.717, 1.165) is 44.0 Å². The second-order valence-electron chi connectivity index (χ2n) is 6.16. The summed E-state index contributed by atoms with van der Waals surface area (Å²) in [6, 6.07) is 5.72. The van der Waals surface area contributed by atoms with Crippen LogP contribution in [-0.2, 0) is 4.79 Å². The number of nitrogens with one attached hydrogen (secondary N) is 1. The molecule has 0 radical (unpaired) electrons. The summed E-state index contributed by atoms with van der Waals surface area (Å²) in [7, 11) is 3.59. The Morgan fingerprint density at radius 1 is 1.29 bits per heavy atom. The first kappa shape index (κ1) is 20.6. The second-order valence-corrected chi connectivity index (χ2v) is 6.16. The highest BCUT2D eigenvalue weighted by Gasteiger charge is 2.22. The van der Waals surface area contributed by atoms with Crippen LogP contribution in [-0.4, -0.2) is 51.2 Å². The lowest BCUT2D eigenvalue weighted by atomic mass is 9.93. The van der Waals surface area contributed by atoms with Gasteiger partial charge in [-0.25, -0.2) is 0 Å². The van der Waals surface area contributed by atoms with Crippen LogP contribution in [0.5, 0.6) is 11.5 Å². The zero-order valence-electron chi connectivity index (χ0n) is 14.8. The van der Waals surface area contributed by atoms with Gasteiger partial charge in [-0.2, -0.15) is 0 Å². The molecule has 1 heterocycles. The fraction of sp³-hybridized carbons (Fsp3) is 0.611. The van der Waals surface area contributed by atoms with Crippen LogP contribution in [0, 0.1) is 12.8 Å². The first-order chi connectivity index (χ1) is 11.1. The molecule has 1 aliphatic heterocycles. The zero-order chi connectivity index (χ0) is 16.7. The van der Waals surface area contributed by atoms with Crippen molar-refractivity contribution < 1.29 is 14.3 Å². The summed E-state index contributed by atoms with van der Waals surface area (Å²) < 4.78 is 11.0. The van der Waals surface area contributed by atoms with Gasteiger partial charge in [-0.15, -0.1) is 12.4 Å². The van der Waals surface area contributed by atoms with Crippen LogP contribution in [0.15, 0.2) is 18.2 Å². The van der Waals surface area contributed by atoms with E-state index in [2.05, 4.69) is 5.32 Å². The number of methoxy groups -OCH3 is 1. The van der Waals surface area contributed by atoms with Crippen molar-refractivity contribution >= 4 is 18.3 Å². The Hall–Kier alpha value is -1.46. The number of aryl methyl sites for hydroxylation is 1. The highest BCUT2D eigenvalue weighted by molar-refractivity contribution is 5.85. The molecule has 6 heteroatoms. The first-order valence-electron chi connectivity index (χ1n) is 8.34. The molecule has 0 bridgehead atoms. The van der Waals surface area contributed by atoms with Crippen LogP contribution in [0.1, 0.15) is 24.8 Å². The van der Waals surface area contributed by atoms with Gasteiger partial charge in [0.25, 0.3) is 5.91 Å². The second kappa shape index (κ2) is 10.4. The molecule has 136 valence electrons. The molecule has 1 N–H and O–H groups in total. The predicted octanol–water partition coefficient (Wildman–Crippen LogP) is 2.65. The number of hydrogen-bond acceptors (Lipinski definition) is 4. The summed E-state index contributed by atoms with van der Waals surface area (Å²) in [5, 5.41) is 3.19. The molecule has 0 spiro atoms. The van der Waals surface area contributed by atoms with Crippen LogP contribution in [0.3, 0.4) is 0 Å². The summed E-state index contributed by atoms with van der Waals surface area (Å²) in [4.78, 5) is 14.2. The summed E-state index contributed by atoms with van der Waals surface area (Å²) in [5.41, 5.74) is 1.10. The molecule has 1 saturated heterocycles. The lowest BCUT2D eigenvalue weighted by molar-refractivity contribution is -0.134. The lowest BCUT2D eigenvalue weighted by Gasteiger charge is -2.32. The predicted molar refractivity (Wildman–Crippen MR) is 98.3 cm³/mol. The van der Waals surface area contributed by atoms with E-state index in [1.54, 1.807) is 7.11 Å².